The van der Waals surface area contributed by atoms with Crippen LogP contribution in [-0.4, -0.2) is 50.0 Å². The number of benzene rings is 1. The lowest BCUT2D eigenvalue weighted by Crippen LogP contribution is -2.46. The summed E-state index contributed by atoms with van der Waals surface area (Å²) in [6.45, 7) is 2.74. The normalized spacial score (nSPS) is 11.1. The summed E-state index contributed by atoms with van der Waals surface area (Å²) in [4.78, 5) is 22.7. The van der Waals surface area contributed by atoms with Crippen molar-refractivity contribution in [2.24, 2.45) is 0 Å². The van der Waals surface area contributed by atoms with E-state index in [0.717, 1.165) is 5.56 Å². The van der Waals surface area contributed by atoms with E-state index in [0.29, 0.717) is 24.2 Å². The topological polar surface area (TPSA) is 43.4 Å². The molecule has 0 bridgehead atoms. The zero-order valence-electron chi connectivity index (χ0n) is 11.2. The highest BCUT2D eigenvalue weighted by molar-refractivity contribution is 5.96. The highest BCUT2D eigenvalue weighted by Crippen LogP contribution is 2.05. The second kappa shape index (κ2) is 6.31. The molecule has 0 aliphatic rings. The summed E-state index contributed by atoms with van der Waals surface area (Å²) in [6.07, 6.45) is 0. The van der Waals surface area contributed by atoms with Crippen molar-refractivity contribution in [1.29, 1.82) is 0 Å². The van der Waals surface area contributed by atoms with E-state index in [9.17, 15) is 9.59 Å². The van der Waals surface area contributed by atoms with Gasteiger partial charge in [0.25, 0.3) is 0 Å². The number of hydrogen-bond acceptors (Lipinski definition) is 3. The van der Waals surface area contributed by atoms with Crippen molar-refractivity contribution >= 4 is 11.8 Å². The first-order valence-corrected chi connectivity index (χ1v) is 5.94. The summed E-state index contributed by atoms with van der Waals surface area (Å²) in [5.41, 5.74) is 0.719. The summed E-state index contributed by atoms with van der Waals surface area (Å²) in [5, 5.41) is 0. The third-order valence-corrected chi connectivity index (χ3v) is 2.67. The van der Waals surface area contributed by atoms with Crippen molar-refractivity contribution in [3.05, 3.63) is 35.9 Å². The molecule has 0 atom stereocenters. The lowest BCUT2D eigenvalue weighted by molar-refractivity contribution is -0.882. The molecule has 1 aromatic rings. The van der Waals surface area contributed by atoms with Crippen LogP contribution in [0.4, 0.5) is 0 Å². The lowest BCUT2D eigenvalue weighted by atomic mass is 10.1. The number of esters is 1. The fourth-order valence-electron chi connectivity index (χ4n) is 1.62. The molecule has 0 saturated heterocycles. The van der Waals surface area contributed by atoms with E-state index < -0.39 is 0 Å². The van der Waals surface area contributed by atoms with E-state index in [2.05, 4.69) is 0 Å². The molecule has 0 fully saturated rings. The van der Waals surface area contributed by atoms with Crippen LogP contribution in [-0.2, 0) is 9.53 Å². The van der Waals surface area contributed by atoms with Crippen molar-refractivity contribution in [3.63, 3.8) is 0 Å². The first kappa shape index (κ1) is 14.4. The number of rotatable bonds is 6. The summed E-state index contributed by atoms with van der Waals surface area (Å²) < 4.78 is 5.40. The van der Waals surface area contributed by atoms with Crippen molar-refractivity contribution < 1.29 is 18.8 Å². The van der Waals surface area contributed by atoms with E-state index >= 15 is 0 Å². The van der Waals surface area contributed by atoms with Gasteiger partial charge in [-0.25, -0.2) is 0 Å². The zero-order chi connectivity index (χ0) is 13.6. The molecule has 0 unspecified atom stereocenters. The number of Topliss-reactive ketones (excluding diaryl/α,β-unsaturated/α-hetero) is 1. The monoisotopic (exact) mass is 250 g/mol. The van der Waals surface area contributed by atoms with Crippen LogP contribution in [0.2, 0.25) is 0 Å². The Hall–Kier alpha value is -1.68. The maximum absolute atomic E-state index is 12.0. The van der Waals surface area contributed by atoms with Crippen LogP contribution in [0.5, 0.6) is 0 Å². The van der Waals surface area contributed by atoms with Gasteiger partial charge in [0, 0.05) is 12.5 Å². The zero-order valence-corrected chi connectivity index (χ0v) is 11.2. The molecule has 0 N–H and O–H groups in total. The number of ether oxygens (including phenoxy) is 1. The Kier molecular flexibility index (Phi) is 5.04. The second-order valence-electron chi connectivity index (χ2n) is 4.95. The molecule has 0 aromatic heterocycles. The molecule has 0 heterocycles. The Balaban J connectivity index is 2.49. The summed E-state index contributed by atoms with van der Waals surface area (Å²) in [5.74, 6) is -0.187. The summed E-state index contributed by atoms with van der Waals surface area (Å²) in [6, 6.07) is 9.22. The minimum absolute atomic E-state index is 0.100. The van der Waals surface area contributed by atoms with Crippen molar-refractivity contribution in [2.75, 3.05) is 33.8 Å². The van der Waals surface area contributed by atoms with Gasteiger partial charge in [-0.2, -0.15) is 0 Å². The van der Waals surface area contributed by atoms with E-state index in [1.54, 1.807) is 0 Å². The van der Waals surface area contributed by atoms with Gasteiger partial charge in [0.05, 0.1) is 14.1 Å². The van der Waals surface area contributed by atoms with Crippen LogP contribution >= 0.6 is 0 Å². The van der Waals surface area contributed by atoms with Crippen LogP contribution < -0.4 is 0 Å². The fraction of sp³-hybridized carbons (Fsp3) is 0.429. The predicted molar refractivity (Wildman–Crippen MR) is 69.2 cm³/mol. The predicted octanol–water partition coefficient (Wildman–Crippen LogP) is 1.51. The van der Waals surface area contributed by atoms with Gasteiger partial charge in [-0.15, -0.1) is 0 Å². The van der Waals surface area contributed by atoms with Crippen LogP contribution in [0, 0.1) is 0 Å². The highest BCUT2D eigenvalue weighted by atomic mass is 16.5. The highest BCUT2D eigenvalue weighted by Gasteiger charge is 2.21. The number of quaternary nitrogens is 1. The van der Waals surface area contributed by atoms with Gasteiger partial charge >= 0.3 is 5.97 Å². The second-order valence-corrected chi connectivity index (χ2v) is 4.95. The van der Waals surface area contributed by atoms with E-state index in [4.69, 9.17) is 4.74 Å². The van der Waals surface area contributed by atoms with Gasteiger partial charge < -0.3 is 9.22 Å². The lowest BCUT2D eigenvalue weighted by Gasteiger charge is -2.28. The average Bonchev–Trinajstić information content (AvgIpc) is 2.28. The molecule has 0 saturated carbocycles. The number of ketones is 1. The number of nitrogens with zero attached hydrogens (tertiary/aromatic N) is 1. The van der Waals surface area contributed by atoms with Gasteiger partial charge in [0.2, 0.25) is 5.78 Å². The maximum atomic E-state index is 12.0. The number of carbonyl (C=O) groups excluding carboxylic acids is 2. The van der Waals surface area contributed by atoms with E-state index in [1.807, 2.05) is 44.4 Å². The molecular weight excluding hydrogens is 230 g/mol. The standard InChI is InChI=1S/C14H20NO3/c1-12(16)18-10-9-15(2,3)11-14(17)13-7-5-4-6-8-13/h4-8H,9-11H2,1-3H3/q+1. The molecule has 1 aromatic carbocycles. The third-order valence-electron chi connectivity index (χ3n) is 2.67. The summed E-state index contributed by atoms with van der Waals surface area (Å²) in [7, 11) is 3.90. The first-order valence-electron chi connectivity index (χ1n) is 5.94. The smallest absolute Gasteiger partial charge is 0.302 e. The molecule has 0 aliphatic heterocycles. The van der Waals surface area contributed by atoms with Gasteiger partial charge in [0.1, 0.15) is 19.7 Å². The molecule has 1 rings (SSSR count). The van der Waals surface area contributed by atoms with Crippen molar-refractivity contribution in [3.8, 4) is 0 Å². The Morgan fingerprint density at radius 3 is 2.33 bits per heavy atom. The molecule has 0 aliphatic carbocycles. The number of carbonyl (C=O) groups is 2. The van der Waals surface area contributed by atoms with Gasteiger partial charge in [-0.05, 0) is 0 Å². The Morgan fingerprint density at radius 1 is 1.17 bits per heavy atom. The average molecular weight is 250 g/mol. The van der Waals surface area contributed by atoms with Crippen LogP contribution in [0.1, 0.15) is 17.3 Å². The molecule has 98 valence electrons. The molecule has 4 nitrogen and oxygen atoms in total. The van der Waals surface area contributed by atoms with Crippen molar-refractivity contribution in [1.82, 2.24) is 0 Å². The number of hydrogen-bond donors (Lipinski definition) is 0. The minimum atomic E-state index is -0.288. The Morgan fingerprint density at radius 2 is 1.78 bits per heavy atom. The van der Waals surface area contributed by atoms with Crippen LogP contribution in [0.3, 0.4) is 0 Å². The molecule has 4 heteroatoms. The van der Waals surface area contributed by atoms with Crippen LogP contribution in [0.15, 0.2) is 30.3 Å². The van der Waals surface area contributed by atoms with Crippen LogP contribution in [0.25, 0.3) is 0 Å². The van der Waals surface area contributed by atoms with Gasteiger partial charge in [0.15, 0.2) is 0 Å². The molecule has 0 amide bonds. The SMILES string of the molecule is CC(=O)OCC[N+](C)(C)CC(=O)c1ccccc1. The molecule has 18 heavy (non-hydrogen) atoms. The molecule has 0 spiro atoms. The summed E-state index contributed by atoms with van der Waals surface area (Å²) >= 11 is 0. The van der Waals surface area contributed by atoms with E-state index in [1.165, 1.54) is 6.92 Å². The minimum Gasteiger partial charge on any atom is -0.460 e. The quantitative estimate of drug-likeness (QED) is 0.436. The molecule has 0 radical (unpaired) electrons. The first-order chi connectivity index (χ1) is 8.41. The Labute approximate surface area is 108 Å². The van der Waals surface area contributed by atoms with E-state index in [-0.39, 0.29) is 11.8 Å². The third kappa shape index (κ3) is 5.10. The van der Waals surface area contributed by atoms with Crippen molar-refractivity contribution in [2.45, 2.75) is 6.92 Å². The Bertz CT molecular complexity index is 412. The largest absolute Gasteiger partial charge is 0.460 e. The fourth-order valence-corrected chi connectivity index (χ4v) is 1.62. The van der Waals surface area contributed by atoms with Gasteiger partial charge in [-0.1, -0.05) is 30.3 Å². The maximum Gasteiger partial charge on any atom is 0.302 e. The molecular formula is C14H20NO3+. The number of likely N-dealkylation sites (N-methyl/N-ethyl adjacent to an activating group) is 1. The van der Waals surface area contributed by atoms with Gasteiger partial charge in [-0.3, -0.25) is 9.59 Å².